The van der Waals surface area contributed by atoms with Crippen LogP contribution in [0.4, 0.5) is 0 Å². The highest BCUT2D eigenvalue weighted by atomic mass is 16.6. The molecular formula is C36H40O8. The number of fused-ring (bicyclic) bond motifs is 1. The molecule has 0 aliphatic heterocycles. The summed E-state index contributed by atoms with van der Waals surface area (Å²) in [5.41, 5.74) is 2.93. The number of benzene rings is 2. The maximum atomic E-state index is 12.2. The summed E-state index contributed by atoms with van der Waals surface area (Å²) >= 11 is 0. The van der Waals surface area contributed by atoms with Gasteiger partial charge in [0, 0.05) is 17.2 Å². The molecule has 0 heterocycles. The normalized spacial score (nSPS) is 18.8. The van der Waals surface area contributed by atoms with Crippen molar-refractivity contribution in [3.05, 3.63) is 90.6 Å². The third kappa shape index (κ3) is 8.72. The largest absolute Gasteiger partial charge is 0.490 e. The van der Waals surface area contributed by atoms with Gasteiger partial charge in [-0.3, -0.25) is 4.79 Å². The first-order valence-electron chi connectivity index (χ1n) is 14.9. The van der Waals surface area contributed by atoms with Gasteiger partial charge in [0.15, 0.2) is 11.5 Å². The Morgan fingerprint density at radius 2 is 1.48 bits per heavy atom. The molecule has 44 heavy (non-hydrogen) atoms. The van der Waals surface area contributed by atoms with E-state index in [-0.39, 0.29) is 48.3 Å². The third-order valence-electron chi connectivity index (χ3n) is 7.40. The van der Waals surface area contributed by atoms with Crippen molar-refractivity contribution in [1.82, 2.24) is 0 Å². The first-order chi connectivity index (χ1) is 21.0. The van der Waals surface area contributed by atoms with Crippen LogP contribution < -0.4 is 18.9 Å². The SMILES string of the molecule is C=C(C)C(=O)Oc1ccc(OCCOc2ccc(C3=CC4CCC(OC(=O)C(=C)C)CC4C=C3)cc2)cc1OC(=O)C(C)C. The minimum absolute atomic E-state index is 0.0596. The minimum atomic E-state index is -0.620. The summed E-state index contributed by atoms with van der Waals surface area (Å²) < 4.78 is 28.0. The van der Waals surface area contributed by atoms with Crippen LogP contribution in [0.5, 0.6) is 23.0 Å². The lowest BCUT2D eigenvalue weighted by molar-refractivity contribution is -0.146. The quantitative estimate of drug-likeness (QED) is 0.111. The monoisotopic (exact) mass is 600 g/mol. The van der Waals surface area contributed by atoms with E-state index < -0.39 is 11.9 Å². The molecule has 3 unspecified atom stereocenters. The van der Waals surface area contributed by atoms with Gasteiger partial charge in [-0.25, -0.2) is 9.59 Å². The van der Waals surface area contributed by atoms with Gasteiger partial charge in [0.2, 0.25) is 0 Å². The number of ether oxygens (including phenoxy) is 5. The van der Waals surface area contributed by atoms with E-state index in [1.54, 1.807) is 26.8 Å². The Kier molecular flexibility index (Phi) is 10.8. The van der Waals surface area contributed by atoms with Crippen molar-refractivity contribution in [1.29, 1.82) is 0 Å². The van der Waals surface area contributed by atoms with Gasteiger partial charge in [-0.05, 0) is 80.3 Å². The minimum Gasteiger partial charge on any atom is -0.490 e. The first-order valence-corrected chi connectivity index (χ1v) is 14.9. The summed E-state index contributed by atoms with van der Waals surface area (Å²) in [5.74, 6) is 0.353. The van der Waals surface area contributed by atoms with Crippen LogP contribution in [0.25, 0.3) is 5.57 Å². The Hall–Kier alpha value is -4.59. The molecule has 0 aromatic heterocycles. The Bertz CT molecular complexity index is 1460. The second-order valence-electron chi connectivity index (χ2n) is 11.5. The maximum Gasteiger partial charge on any atom is 0.338 e. The predicted molar refractivity (Wildman–Crippen MR) is 167 cm³/mol. The number of carbonyl (C=O) groups excluding carboxylic acids is 3. The fourth-order valence-corrected chi connectivity index (χ4v) is 4.90. The van der Waals surface area contributed by atoms with Crippen LogP contribution in [0, 0.1) is 17.8 Å². The van der Waals surface area contributed by atoms with Gasteiger partial charge in [0.1, 0.15) is 30.8 Å². The zero-order chi connectivity index (χ0) is 31.8. The lowest BCUT2D eigenvalue weighted by Gasteiger charge is -2.35. The molecule has 0 bridgehead atoms. The van der Waals surface area contributed by atoms with E-state index in [9.17, 15) is 14.4 Å². The van der Waals surface area contributed by atoms with Gasteiger partial charge in [-0.2, -0.15) is 0 Å². The second kappa shape index (κ2) is 14.7. The number of allylic oxidation sites excluding steroid dienone is 4. The zero-order valence-electron chi connectivity index (χ0n) is 25.8. The number of rotatable bonds is 12. The second-order valence-corrected chi connectivity index (χ2v) is 11.5. The van der Waals surface area contributed by atoms with Crippen molar-refractivity contribution in [2.24, 2.45) is 17.8 Å². The molecule has 0 spiro atoms. The van der Waals surface area contributed by atoms with Crippen molar-refractivity contribution in [2.75, 3.05) is 13.2 Å². The van der Waals surface area contributed by atoms with Crippen LogP contribution in [0.1, 0.15) is 52.5 Å². The molecule has 0 radical (unpaired) electrons. The summed E-state index contributed by atoms with van der Waals surface area (Å²) in [6, 6.07) is 12.6. The molecule has 4 rings (SSSR count). The van der Waals surface area contributed by atoms with Crippen molar-refractivity contribution >= 4 is 23.5 Å². The average Bonchev–Trinajstić information content (AvgIpc) is 3.00. The van der Waals surface area contributed by atoms with Crippen molar-refractivity contribution < 1.29 is 38.1 Å². The van der Waals surface area contributed by atoms with Crippen molar-refractivity contribution in [3.63, 3.8) is 0 Å². The molecule has 1 saturated carbocycles. The van der Waals surface area contributed by atoms with E-state index in [1.807, 2.05) is 24.3 Å². The van der Waals surface area contributed by atoms with E-state index >= 15 is 0 Å². The molecule has 8 nitrogen and oxygen atoms in total. The van der Waals surface area contributed by atoms with Crippen LogP contribution in [0.2, 0.25) is 0 Å². The van der Waals surface area contributed by atoms with Gasteiger partial charge in [-0.15, -0.1) is 0 Å². The molecule has 1 fully saturated rings. The Balaban J connectivity index is 1.28. The summed E-state index contributed by atoms with van der Waals surface area (Å²) in [4.78, 5) is 36.1. The molecule has 0 saturated heterocycles. The third-order valence-corrected chi connectivity index (χ3v) is 7.40. The zero-order valence-corrected chi connectivity index (χ0v) is 25.8. The highest BCUT2D eigenvalue weighted by molar-refractivity contribution is 5.89. The number of esters is 3. The van der Waals surface area contributed by atoms with Gasteiger partial charge in [-0.1, -0.05) is 57.4 Å². The predicted octanol–water partition coefficient (Wildman–Crippen LogP) is 7.04. The van der Waals surface area contributed by atoms with E-state index in [2.05, 4.69) is 31.4 Å². The summed E-state index contributed by atoms with van der Waals surface area (Å²) in [6.07, 6.45) is 9.29. The molecule has 232 valence electrons. The molecule has 2 aromatic carbocycles. The molecule has 0 amide bonds. The van der Waals surface area contributed by atoms with E-state index in [0.29, 0.717) is 28.9 Å². The van der Waals surface area contributed by atoms with E-state index in [0.717, 1.165) is 24.8 Å². The Morgan fingerprint density at radius 3 is 2.14 bits per heavy atom. The van der Waals surface area contributed by atoms with Gasteiger partial charge >= 0.3 is 17.9 Å². The van der Waals surface area contributed by atoms with E-state index in [4.69, 9.17) is 23.7 Å². The van der Waals surface area contributed by atoms with Crippen LogP contribution in [0.3, 0.4) is 0 Å². The Morgan fingerprint density at radius 1 is 0.818 bits per heavy atom. The average molecular weight is 601 g/mol. The fraction of sp³-hybridized carbons (Fsp3) is 0.361. The van der Waals surface area contributed by atoms with Gasteiger partial charge in [0.05, 0.1) is 5.92 Å². The van der Waals surface area contributed by atoms with Crippen LogP contribution in [0.15, 0.2) is 85.0 Å². The fourth-order valence-electron chi connectivity index (χ4n) is 4.90. The van der Waals surface area contributed by atoms with Crippen LogP contribution >= 0.6 is 0 Å². The first kappa shape index (κ1) is 32.3. The van der Waals surface area contributed by atoms with Gasteiger partial charge < -0.3 is 23.7 Å². The lowest BCUT2D eigenvalue weighted by atomic mass is 9.74. The molecule has 2 aliphatic rings. The molecule has 2 aliphatic carbocycles. The standard InChI is InChI=1S/C36H40O8/c1-22(2)34(37)42-31-14-11-27-19-26(7-8-28(27)20-31)25-9-12-29(13-10-25)40-17-18-41-30-15-16-32(43-35(38)23(3)4)33(21-30)44-36(39)24(5)6/h7-10,12-13,15-16,19,21,24,27-28,31H,1,3,11,14,17-18,20H2,2,4-6H3. The maximum absolute atomic E-state index is 12.2. The molecule has 0 N–H and O–H groups in total. The Labute approximate surface area is 259 Å². The topological polar surface area (TPSA) is 97.4 Å². The highest BCUT2D eigenvalue weighted by Gasteiger charge is 2.31. The number of hydrogen-bond donors (Lipinski definition) is 0. The molecule has 3 atom stereocenters. The van der Waals surface area contributed by atoms with Gasteiger partial charge in [0.25, 0.3) is 0 Å². The summed E-state index contributed by atoms with van der Waals surface area (Å²) in [5, 5.41) is 0. The van der Waals surface area contributed by atoms with Crippen molar-refractivity contribution in [2.45, 2.75) is 53.1 Å². The summed E-state index contributed by atoms with van der Waals surface area (Å²) in [7, 11) is 0. The molecule has 2 aromatic rings. The highest BCUT2D eigenvalue weighted by Crippen LogP contribution is 2.39. The number of hydrogen-bond acceptors (Lipinski definition) is 8. The molecule has 8 heteroatoms. The number of carbonyl (C=O) groups is 3. The van der Waals surface area contributed by atoms with Crippen molar-refractivity contribution in [3.8, 4) is 23.0 Å². The summed E-state index contributed by atoms with van der Waals surface area (Å²) in [6.45, 7) is 14.4. The molecular weight excluding hydrogens is 560 g/mol. The van der Waals surface area contributed by atoms with Crippen LogP contribution in [-0.4, -0.2) is 37.2 Å². The van der Waals surface area contributed by atoms with E-state index in [1.165, 1.54) is 24.6 Å². The lowest BCUT2D eigenvalue weighted by Crippen LogP contribution is -2.30. The smallest absolute Gasteiger partial charge is 0.338 e. The van der Waals surface area contributed by atoms with Crippen LogP contribution in [-0.2, 0) is 19.1 Å².